The fourth-order valence-electron chi connectivity index (χ4n) is 4.00. The highest BCUT2D eigenvalue weighted by molar-refractivity contribution is 7.61. The largest absolute Gasteiger partial charge is 0.483 e. The van der Waals surface area contributed by atoms with Crippen LogP contribution in [0.25, 0.3) is 0 Å². The van der Waals surface area contributed by atoms with Crippen molar-refractivity contribution in [1.29, 1.82) is 0 Å². The third-order valence-electron chi connectivity index (χ3n) is 5.70. The summed E-state index contributed by atoms with van der Waals surface area (Å²) in [6, 6.07) is 0.919. The van der Waals surface area contributed by atoms with Crippen LogP contribution in [0.4, 0.5) is 0 Å². The molecule has 7 N–H and O–H groups in total. The normalized spacial score (nSPS) is 34.2. The smallest absolute Gasteiger partial charge is 0.457 e. The number of ether oxygens (including phenoxy) is 4. The number of phosphoric acid groups is 2. The standard InChI is InChI=1S/C19H28N2O19P2/c1-7(23)35-15-9(5-22)38-18(13(27)12(15)26)39-42(32,33)40-41(30,31)34-6-10-16(36-8(2)24)14(28)17(37-10)21-4-3-11(25)20-19(21)29/h3-4,9-10,12-18,22,26-28H,5-6H2,1-2H3,(H,30,31)(H,32,33)(H,20,25,29)/t9-,10-,12-,13-,14-,15-,16-,17-,18-/m1/s1. The van der Waals surface area contributed by atoms with Gasteiger partial charge < -0.3 is 49.2 Å². The van der Waals surface area contributed by atoms with E-state index < -0.39 is 107 Å². The number of aliphatic hydroxyl groups is 4. The summed E-state index contributed by atoms with van der Waals surface area (Å²) in [5, 5.41) is 40.4. The van der Waals surface area contributed by atoms with E-state index in [9.17, 15) is 58.5 Å². The monoisotopic (exact) mass is 650 g/mol. The SMILES string of the molecule is CC(=O)O[C@H]1[C@H](O)[C@@H](O)[C@@H](OP(=O)(O)OP(=O)(O)OC[C@H]2O[C@@H](n3ccc(=O)[nH]c3=O)[C@H](O)[C@@H]2OC(C)=O)O[C@@H]1CO. The van der Waals surface area contributed by atoms with Crippen molar-refractivity contribution in [2.75, 3.05) is 13.2 Å². The van der Waals surface area contributed by atoms with E-state index >= 15 is 0 Å². The Bertz CT molecular complexity index is 1350. The Morgan fingerprint density at radius 2 is 1.55 bits per heavy atom. The summed E-state index contributed by atoms with van der Waals surface area (Å²) in [4.78, 5) is 68.1. The number of rotatable bonds is 11. The first-order chi connectivity index (χ1) is 19.4. The molecule has 1 aromatic heterocycles. The maximum Gasteiger partial charge on any atom is 0.483 e. The van der Waals surface area contributed by atoms with Gasteiger partial charge in [0.05, 0.1) is 13.2 Å². The number of carbonyl (C=O) groups is 2. The van der Waals surface area contributed by atoms with Gasteiger partial charge in [-0.3, -0.25) is 33.0 Å². The summed E-state index contributed by atoms with van der Waals surface area (Å²) >= 11 is 0. The maximum absolute atomic E-state index is 12.4. The zero-order valence-electron chi connectivity index (χ0n) is 21.6. The predicted molar refractivity (Wildman–Crippen MR) is 128 cm³/mol. The number of hydrogen-bond donors (Lipinski definition) is 7. The highest BCUT2D eigenvalue weighted by Gasteiger charge is 2.51. The third-order valence-corrected chi connectivity index (χ3v) is 8.31. The average Bonchev–Trinajstić information content (AvgIpc) is 3.16. The molecule has 21 nitrogen and oxygen atoms in total. The molecule has 0 aromatic carbocycles. The molecule has 238 valence electrons. The molecular weight excluding hydrogens is 622 g/mol. The lowest BCUT2D eigenvalue weighted by molar-refractivity contribution is -0.283. The van der Waals surface area contributed by atoms with Crippen LogP contribution >= 0.6 is 15.6 Å². The van der Waals surface area contributed by atoms with E-state index in [2.05, 4.69) is 13.4 Å². The van der Waals surface area contributed by atoms with Gasteiger partial charge >= 0.3 is 33.3 Å². The quantitative estimate of drug-likeness (QED) is 0.0896. The highest BCUT2D eigenvalue weighted by atomic mass is 31.3. The molecule has 3 rings (SSSR count). The van der Waals surface area contributed by atoms with Crippen molar-refractivity contribution in [3.63, 3.8) is 0 Å². The van der Waals surface area contributed by atoms with Gasteiger partial charge in [-0.2, -0.15) is 4.31 Å². The molecule has 0 amide bonds. The van der Waals surface area contributed by atoms with Gasteiger partial charge in [-0.05, 0) is 0 Å². The van der Waals surface area contributed by atoms with Gasteiger partial charge in [0, 0.05) is 26.1 Å². The summed E-state index contributed by atoms with van der Waals surface area (Å²) in [6.07, 6.45) is -15.2. The van der Waals surface area contributed by atoms with Crippen molar-refractivity contribution >= 4 is 27.6 Å². The Balaban J connectivity index is 1.69. The first-order valence-electron chi connectivity index (χ1n) is 11.8. The Hall–Kier alpha value is -2.36. The summed E-state index contributed by atoms with van der Waals surface area (Å²) in [5.74, 6) is -1.86. The van der Waals surface area contributed by atoms with Crippen molar-refractivity contribution in [3.8, 4) is 0 Å². The number of aromatic amines is 1. The topological polar surface area (TPSA) is 309 Å². The number of nitrogens with zero attached hydrogens (tertiary/aromatic N) is 1. The second kappa shape index (κ2) is 13.5. The van der Waals surface area contributed by atoms with Gasteiger partial charge in [0.2, 0.25) is 0 Å². The molecule has 3 heterocycles. The van der Waals surface area contributed by atoms with E-state index in [0.717, 1.165) is 30.7 Å². The minimum Gasteiger partial charge on any atom is -0.457 e. The van der Waals surface area contributed by atoms with Gasteiger partial charge in [0.15, 0.2) is 24.7 Å². The van der Waals surface area contributed by atoms with Crippen LogP contribution in [0, 0.1) is 0 Å². The van der Waals surface area contributed by atoms with Gasteiger partial charge in [0.25, 0.3) is 5.56 Å². The molecular formula is C19H28N2O19P2. The molecule has 0 saturated carbocycles. The zero-order chi connectivity index (χ0) is 31.6. The van der Waals surface area contributed by atoms with Crippen LogP contribution in [0.1, 0.15) is 20.1 Å². The molecule has 0 spiro atoms. The summed E-state index contributed by atoms with van der Waals surface area (Å²) < 4.78 is 59.1. The molecule has 2 aliphatic heterocycles. The minimum absolute atomic E-state index is 0.725. The number of phosphoric ester groups is 2. The third kappa shape index (κ3) is 8.38. The van der Waals surface area contributed by atoms with Crippen LogP contribution < -0.4 is 11.2 Å². The molecule has 1 aromatic rings. The van der Waals surface area contributed by atoms with E-state index in [-0.39, 0.29) is 0 Å². The van der Waals surface area contributed by atoms with Crippen LogP contribution in [0.15, 0.2) is 21.9 Å². The molecule has 2 aliphatic rings. The Morgan fingerprint density at radius 3 is 2.10 bits per heavy atom. The van der Waals surface area contributed by atoms with Crippen molar-refractivity contribution < 1.29 is 81.2 Å². The first-order valence-corrected chi connectivity index (χ1v) is 14.8. The average molecular weight is 650 g/mol. The Kier molecular flexibility index (Phi) is 11.0. The fourth-order valence-corrected chi connectivity index (χ4v) is 6.16. The highest BCUT2D eigenvalue weighted by Crippen LogP contribution is 2.61. The van der Waals surface area contributed by atoms with Crippen LogP contribution in [0.3, 0.4) is 0 Å². The molecule has 0 aliphatic carbocycles. The van der Waals surface area contributed by atoms with Crippen LogP contribution in [0.2, 0.25) is 0 Å². The Labute approximate surface area is 234 Å². The molecule has 2 unspecified atom stereocenters. The lowest BCUT2D eigenvalue weighted by atomic mass is 9.99. The number of H-pyrrole nitrogens is 1. The zero-order valence-corrected chi connectivity index (χ0v) is 23.4. The van der Waals surface area contributed by atoms with Gasteiger partial charge in [0.1, 0.15) is 30.5 Å². The van der Waals surface area contributed by atoms with E-state index in [1.54, 1.807) is 0 Å². The molecule has 11 atom stereocenters. The van der Waals surface area contributed by atoms with Gasteiger partial charge in [-0.1, -0.05) is 0 Å². The number of aliphatic hydroxyl groups excluding tert-OH is 4. The number of hydrogen-bond acceptors (Lipinski definition) is 17. The second-order valence-corrected chi connectivity index (χ2v) is 11.8. The van der Waals surface area contributed by atoms with Crippen molar-refractivity contribution in [1.82, 2.24) is 9.55 Å². The van der Waals surface area contributed by atoms with Crippen molar-refractivity contribution in [2.24, 2.45) is 0 Å². The van der Waals surface area contributed by atoms with Crippen LogP contribution in [-0.2, 0) is 51.0 Å². The van der Waals surface area contributed by atoms with Crippen LogP contribution in [-0.4, -0.2) is 114 Å². The fraction of sp³-hybridized carbons (Fsp3) is 0.684. The summed E-state index contributed by atoms with van der Waals surface area (Å²) in [7, 11) is -11.3. The molecule has 0 bridgehead atoms. The van der Waals surface area contributed by atoms with Gasteiger partial charge in [-0.25, -0.2) is 13.9 Å². The van der Waals surface area contributed by atoms with E-state index in [0.29, 0.717) is 0 Å². The lowest BCUT2D eigenvalue weighted by Gasteiger charge is -2.41. The maximum atomic E-state index is 12.4. The summed E-state index contributed by atoms with van der Waals surface area (Å²) in [5.41, 5.74) is -1.80. The van der Waals surface area contributed by atoms with Gasteiger partial charge in [-0.15, -0.1) is 0 Å². The number of esters is 2. The van der Waals surface area contributed by atoms with E-state index in [1.807, 2.05) is 4.98 Å². The van der Waals surface area contributed by atoms with Crippen molar-refractivity contribution in [2.45, 2.75) is 69.1 Å². The van der Waals surface area contributed by atoms with Crippen molar-refractivity contribution in [3.05, 3.63) is 33.1 Å². The molecule has 23 heteroatoms. The van der Waals surface area contributed by atoms with E-state index in [4.69, 9.17) is 18.9 Å². The van der Waals surface area contributed by atoms with E-state index in [1.165, 1.54) is 0 Å². The van der Waals surface area contributed by atoms with Crippen LogP contribution in [0.5, 0.6) is 0 Å². The first kappa shape index (κ1) is 34.1. The summed E-state index contributed by atoms with van der Waals surface area (Å²) in [6.45, 7) is -0.0732. The number of carbonyl (C=O) groups excluding carboxylic acids is 2. The minimum atomic E-state index is -5.69. The second-order valence-electron chi connectivity index (χ2n) is 8.85. The predicted octanol–water partition coefficient (Wildman–Crippen LogP) is -3.65. The number of aromatic nitrogens is 2. The molecule has 0 radical (unpaired) electrons. The molecule has 2 fully saturated rings. The number of nitrogens with one attached hydrogen (secondary N) is 1. The molecule has 2 saturated heterocycles. The lowest BCUT2D eigenvalue weighted by Crippen LogP contribution is -2.60. The Morgan fingerprint density at radius 1 is 0.952 bits per heavy atom. The molecule has 42 heavy (non-hydrogen) atoms.